The molecule has 0 saturated heterocycles. The summed E-state index contributed by atoms with van der Waals surface area (Å²) in [5.74, 6) is -3.53. The summed E-state index contributed by atoms with van der Waals surface area (Å²) in [4.78, 5) is 11.9. The number of aryl methyl sites for hydroxylation is 1. The topological polar surface area (TPSA) is 87.7 Å². The summed E-state index contributed by atoms with van der Waals surface area (Å²) >= 11 is 0. The third kappa shape index (κ3) is 7.69. The fraction of sp³-hybridized carbons (Fsp3) is 0.350. The number of halogens is 2. The minimum atomic E-state index is -4.13. The third-order valence-corrected chi connectivity index (χ3v) is 5.09. The highest BCUT2D eigenvalue weighted by atomic mass is 32.2. The average Bonchev–Trinajstić information content (AvgIpc) is 2.65. The number of hydrogen-bond donors (Lipinski definition) is 2. The van der Waals surface area contributed by atoms with Crippen molar-refractivity contribution in [3.05, 3.63) is 59.2 Å². The Morgan fingerprint density at radius 1 is 1.07 bits per heavy atom. The molecule has 0 radical (unpaired) electrons. The highest BCUT2D eigenvalue weighted by Gasteiger charge is 2.23. The first kappa shape index (κ1) is 25.5. The smallest absolute Gasteiger partial charge is 0.303 e. The van der Waals surface area contributed by atoms with Crippen molar-refractivity contribution in [1.82, 2.24) is 14.3 Å². The summed E-state index contributed by atoms with van der Waals surface area (Å²) in [6.07, 6.45) is 0. The molecule has 0 aromatic heterocycles. The van der Waals surface area contributed by atoms with Gasteiger partial charge in [-0.15, -0.1) is 0 Å². The van der Waals surface area contributed by atoms with Crippen LogP contribution in [0.5, 0.6) is 11.5 Å². The van der Waals surface area contributed by atoms with Crippen molar-refractivity contribution < 1.29 is 26.7 Å². The lowest BCUT2D eigenvalue weighted by Crippen LogP contribution is -2.39. The molecule has 2 N–H and O–H groups in total. The van der Waals surface area contributed by atoms with E-state index in [0.717, 1.165) is 23.0 Å². The Labute approximate surface area is 176 Å². The Morgan fingerprint density at radius 2 is 1.70 bits per heavy atom. The third-order valence-electron chi connectivity index (χ3n) is 3.69. The first-order valence-electron chi connectivity index (χ1n) is 9.20. The van der Waals surface area contributed by atoms with Gasteiger partial charge in [0, 0.05) is 20.2 Å². The molecule has 2 aromatic rings. The van der Waals surface area contributed by atoms with E-state index >= 15 is 0 Å². The molecule has 0 aliphatic rings. The number of nitrogens with one attached hydrogen (secondary N) is 2. The van der Waals surface area contributed by atoms with Gasteiger partial charge in [-0.3, -0.25) is 4.79 Å². The average molecular weight is 444 g/mol. The quantitative estimate of drug-likeness (QED) is 0.686. The number of rotatable bonds is 7. The fourth-order valence-corrected chi connectivity index (χ4v) is 2.63. The number of hydrogen-bond acceptors (Lipinski definition) is 5. The maximum atomic E-state index is 14.1. The molecule has 0 bridgehead atoms. The summed E-state index contributed by atoms with van der Waals surface area (Å²) < 4.78 is 59.1. The molecule has 2 rings (SSSR count). The van der Waals surface area contributed by atoms with Crippen LogP contribution in [0.1, 0.15) is 29.8 Å². The van der Waals surface area contributed by atoms with Crippen LogP contribution in [-0.2, 0) is 10.2 Å². The second-order valence-corrected chi connectivity index (χ2v) is 8.24. The minimum Gasteiger partial charge on any atom is -0.454 e. The number of carbonyl (C=O) groups is 1. The maximum Gasteiger partial charge on any atom is 0.303 e. The predicted octanol–water partition coefficient (Wildman–Crippen LogP) is 3.22. The van der Waals surface area contributed by atoms with Crippen LogP contribution in [-0.4, -0.2) is 45.8 Å². The molecule has 7 nitrogen and oxygen atoms in total. The fourth-order valence-electron chi connectivity index (χ4n) is 2.10. The van der Waals surface area contributed by atoms with E-state index in [1.54, 1.807) is 22.9 Å². The molecule has 0 heterocycles. The molecular weight excluding hydrogens is 416 g/mol. The minimum absolute atomic E-state index is 0.297. The zero-order valence-corrected chi connectivity index (χ0v) is 18.4. The Kier molecular flexibility index (Phi) is 9.83. The molecular formula is C20H27F2N3O4S. The molecule has 0 saturated carbocycles. The van der Waals surface area contributed by atoms with Crippen LogP contribution in [0.15, 0.2) is 36.4 Å². The number of nitrogens with zero attached hydrogens (tertiary/aromatic N) is 1. The normalized spacial score (nSPS) is 10.9. The van der Waals surface area contributed by atoms with Crippen LogP contribution in [0.4, 0.5) is 8.78 Å². The lowest BCUT2D eigenvalue weighted by molar-refractivity contribution is 0.0975. The summed E-state index contributed by atoms with van der Waals surface area (Å²) in [5, 5.41) is 3.11. The van der Waals surface area contributed by atoms with Gasteiger partial charge in [-0.2, -0.15) is 12.7 Å². The van der Waals surface area contributed by atoms with Crippen molar-refractivity contribution in [2.45, 2.75) is 20.8 Å². The van der Waals surface area contributed by atoms with Gasteiger partial charge in [0.05, 0.1) is 5.56 Å². The van der Waals surface area contributed by atoms with Crippen molar-refractivity contribution >= 4 is 16.1 Å². The van der Waals surface area contributed by atoms with Gasteiger partial charge in [-0.05, 0) is 43.8 Å². The second kappa shape index (κ2) is 11.6. The lowest BCUT2D eigenvalue weighted by atomic mass is 10.2. The van der Waals surface area contributed by atoms with E-state index in [9.17, 15) is 22.0 Å². The summed E-state index contributed by atoms with van der Waals surface area (Å²) in [6.45, 7) is 8.20. The highest BCUT2D eigenvalue weighted by Crippen LogP contribution is 2.27. The predicted molar refractivity (Wildman–Crippen MR) is 112 cm³/mol. The van der Waals surface area contributed by atoms with Crippen molar-refractivity contribution in [1.29, 1.82) is 0 Å². The zero-order chi connectivity index (χ0) is 22.9. The van der Waals surface area contributed by atoms with E-state index in [1.165, 1.54) is 14.1 Å². The van der Waals surface area contributed by atoms with Crippen LogP contribution >= 0.6 is 0 Å². The lowest BCUT2D eigenvalue weighted by Gasteiger charge is -2.13. The van der Waals surface area contributed by atoms with Crippen molar-refractivity contribution in [3.8, 4) is 11.5 Å². The van der Waals surface area contributed by atoms with E-state index in [4.69, 9.17) is 4.74 Å². The monoisotopic (exact) mass is 443 g/mol. The Morgan fingerprint density at radius 3 is 2.20 bits per heavy atom. The molecule has 0 fully saturated rings. The first-order chi connectivity index (χ1) is 14.0. The molecule has 2 aromatic carbocycles. The van der Waals surface area contributed by atoms with Gasteiger partial charge >= 0.3 is 10.2 Å². The highest BCUT2D eigenvalue weighted by molar-refractivity contribution is 7.87. The van der Waals surface area contributed by atoms with Crippen LogP contribution in [0.3, 0.4) is 0 Å². The molecule has 30 heavy (non-hydrogen) atoms. The molecule has 1 amide bonds. The van der Waals surface area contributed by atoms with Gasteiger partial charge in [0.15, 0.2) is 11.6 Å². The van der Waals surface area contributed by atoms with Crippen LogP contribution in [0.25, 0.3) is 0 Å². The number of benzene rings is 2. The van der Waals surface area contributed by atoms with E-state index in [-0.39, 0.29) is 0 Å². The summed E-state index contributed by atoms with van der Waals surface area (Å²) in [6, 6.07) is 7.96. The van der Waals surface area contributed by atoms with Crippen molar-refractivity contribution in [2.75, 3.05) is 27.2 Å². The second-order valence-electron chi connectivity index (χ2n) is 6.36. The van der Waals surface area contributed by atoms with Gasteiger partial charge in [0.2, 0.25) is 0 Å². The molecule has 0 atom stereocenters. The van der Waals surface area contributed by atoms with Crippen molar-refractivity contribution in [2.24, 2.45) is 0 Å². The molecule has 166 valence electrons. The van der Waals surface area contributed by atoms with Gasteiger partial charge < -0.3 is 10.1 Å². The molecule has 0 spiro atoms. The SMILES string of the molecule is CCNCC.Cc1cccc(Oc2cc(F)c(C(=O)NS(=O)(=O)N(C)C)cc2F)c1. The van der Waals surface area contributed by atoms with E-state index in [0.29, 0.717) is 17.9 Å². The zero-order valence-electron chi connectivity index (χ0n) is 17.6. The Balaban J connectivity index is 0.000000804. The number of amides is 1. The van der Waals surface area contributed by atoms with Gasteiger partial charge in [0.1, 0.15) is 11.6 Å². The maximum absolute atomic E-state index is 14.1. The van der Waals surface area contributed by atoms with Gasteiger partial charge in [0.25, 0.3) is 5.91 Å². The standard InChI is InChI=1S/C16H16F2N2O4S.C4H11N/c1-10-5-4-6-11(7-10)24-15-9-13(17)12(8-14(15)18)16(21)19-25(22,23)20(2)3;1-3-5-4-2/h4-9H,1-3H3,(H,19,21);5H,3-4H2,1-2H3. The Hall–Kier alpha value is -2.56. The number of ether oxygens (including phenoxy) is 1. The van der Waals surface area contributed by atoms with Crippen LogP contribution in [0, 0.1) is 18.6 Å². The van der Waals surface area contributed by atoms with E-state index in [2.05, 4.69) is 19.2 Å². The number of carbonyl (C=O) groups excluding carboxylic acids is 1. The van der Waals surface area contributed by atoms with Crippen molar-refractivity contribution in [3.63, 3.8) is 0 Å². The first-order valence-corrected chi connectivity index (χ1v) is 10.6. The molecule has 10 heteroatoms. The summed E-state index contributed by atoms with van der Waals surface area (Å²) in [7, 11) is -1.75. The van der Waals surface area contributed by atoms with Gasteiger partial charge in [-0.1, -0.05) is 26.0 Å². The van der Waals surface area contributed by atoms with Crippen LogP contribution in [0.2, 0.25) is 0 Å². The largest absolute Gasteiger partial charge is 0.454 e. The molecule has 0 aliphatic carbocycles. The van der Waals surface area contributed by atoms with E-state index < -0.39 is 39.1 Å². The summed E-state index contributed by atoms with van der Waals surface area (Å²) in [5.41, 5.74) is 0.114. The molecule has 0 unspecified atom stereocenters. The molecule has 0 aliphatic heterocycles. The van der Waals surface area contributed by atoms with Gasteiger partial charge in [-0.25, -0.2) is 13.5 Å². The van der Waals surface area contributed by atoms with Crippen LogP contribution < -0.4 is 14.8 Å². The van der Waals surface area contributed by atoms with E-state index in [1.807, 2.05) is 13.0 Å². The Bertz CT molecular complexity index is 965.